The lowest BCUT2D eigenvalue weighted by Crippen LogP contribution is -2.30. The van der Waals surface area contributed by atoms with Crippen LogP contribution in [0, 0.1) is 5.82 Å². The number of thioether (sulfide) groups is 1. The molecule has 1 aromatic heterocycles. The molecule has 18 heavy (non-hydrogen) atoms. The first-order valence-corrected chi connectivity index (χ1v) is 6.17. The van der Waals surface area contributed by atoms with Gasteiger partial charge in [-0.05, 0) is 23.2 Å². The predicted octanol–water partition coefficient (Wildman–Crippen LogP) is -0.0737. The van der Waals surface area contributed by atoms with Gasteiger partial charge in [-0.15, -0.1) is 10.2 Å². The van der Waals surface area contributed by atoms with Crippen LogP contribution in [0.25, 0.3) is 0 Å². The summed E-state index contributed by atoms with van der Waals surface area (Å²) in [4.78, 5) is 0. The maximum Gasteiger partial charge on any atom is 0.488 e. The van der Waals surface area contributed by atoms with E-state index < -0.39 is 12.9 Å². The smallest absolute Gasteiger partial charge is 0.423 e. The third-order valence-electron chi connectivity index (χ3n) is 2.32. The molecule has 0 amide bonds. The molecule has 0 fully saturated rings. The standard InChI is InChI=1S/C10H11BFN3O2S/c1-15-6-13-14-10(15)18-5-7-2-8(11(16)17)4-9(12)3-7/h2-4,6,16-17H,5H2,1H3. The summed E-state index contributed by atoms with van der Waals surface area (Å²) in [5.41, 5.74) is 0.801. The van der Waals surface area contributed by atoms with Gasteiger partial charge in [0.05, 0.1) is 0 Å². The van der Waals surface area contributed by atoms with Crippen LogP contribution in [0.5, 0.6) is 0 Å². The normalized spacial score (nSPS) is 10.7. The quantitative estimate of drug-likeness (QED) is 0.599. The maximum atomic E-state index is 13.3. The Kier molecular flexibility index (Phi) is 4.00. The summed E-state index contributed by atoms with van der Waals surface area (Å²) in [7, 11) is 0.149. The van der Waals surface area contributed by atoms with Gasteiger partial charge in [-0.3, -0.25) is 0 Å². The van der Waals surface area contributed by atoms with E-state index in [4.69, 9.17) is 10.0 Å². The van der Waals surface area contributed by atoms with Crippen molar-refractivity contribution in [1.29, 1.82) is 0 Å². The molecule has 0 bridgehead atoms. The van der Waals surface area contributed by atoms with Gasteiger partial charge in [-0.1, -0.05) is 17.8 Å². The Balaban J connectivity index is 2.12. The highest BCUT2D eigenvalue weighted by atomic mass is 32.2. The summed E-state index contributed by atoms with van der Waals surface area (Å²) in [5, 5.41) is 26.4. The lowest BCUT2D eigenvalue weighted by Gasteiger charge is -2.05. The van der Waals surface area contributed by atoms with E-state index in [9.17, 15) is 4.39 Å². The van der Waals surface area contributed by atoms with Crippen molar-refractivity contribution in [2.75, 3.05) is 0 Å². The van der Waals surface area contributed by atoms with Crippen molar-refractivity contribution >= 4 is 24.3 Å². The van der Waals surface area contributed by atoms with E-state index in [2.05, 4.69) is 10.2 Å². The van der Waals surface area contributed by atoms with Crippen LogP contribution in [0.2, 0.25) is 0 Å². The van der Waals surface area contributed by atoms with Gasteiger partial charge in [-0.25, -0.2) is 4.39 Å². The van der Waals surface area contributed by atoms with Gasteiger partial charge in [0.15, 0.2) is 5.16 Å². The van der Waals surface area contributed by atoms with Crippen LogP contribution in [-0.4, -0.2) is 31.9 Å². The van der Waals surface area contributed by atoms with Gasteiger partial charge < -0.3 is 14.6 Å². The fraction of sp³-hybridized carbons (Fsp3) is 0.200. The van der Waals surface area contributed by atoms with Crippen molar-refractivity contribution in [2.45, 2.75) is 10.9 Å². The second-order valence-corrected chi connectivity index (χ2v) is 4.72. The first-order chi connectivity index (χ1) is 8.56. The van der Waals surface area contributed by atoms with Crippen molar-refractivity contribution in [2.24, 2.45) is 7.05 Å². The summed E-state index contributed by atoms with van der Waals surface area (Å²) < 4.78 is 15.0. The van der Waals surface area contributed by atoms with Gasteiger partial charge in [0.2, 0.25) is 0 Å². The molecular weight excluding hydrogens is 256 g/mol. The first-order valence-electron chi connectivity index (χ1n) is 5.18. The Hall–Kier alpha value is -1.38. The molecule has 2 rings (SSSR count). The predicted molar refractivity (Wildman–Crippen MR) is 66.8 cm³/mol. The Bertz CT molecular complexity index is 550. The minimum Gasteiger partial charge on any atom is -0.423 e. The van der Waals surface area contributed by atoms with Crippen LogP contribution in [0.3, 0.4) is 0 Å². The molecular formula is C10H11BFN3O2S. The van der Waals surface area contributed by atoms with Crippen LogP contribution in [0.4, 0.5) is 4.39 Å². The summed E-state index contributed by atoms with van der Waals surface area (Å²) in [6.07, 6.45) is 1.58. The molecule has 5 nitrogen and oxygen atoms in total. The zero-order valence-corrected chi connectivity index (χ0v) is 10.4. The number of benzene rings is 1. The Morgan fingerprint density at radius 1 is 1.39 bits per heavy atom. The van der Waals surface area contributed by atoms with Crippen molar-refractivity contribution in [1.82, 2.24) is 14.8 Å². The summed E-state index contributed by atoms with van der Waals surface area (Å²) >= 11 is 1.40. The molecule has 0 aliphatic carbocycles. The van der Waals surface area contributed by atoms with E-state index in [-0.39, 0.29) is 5.46 Å². The lowest BCUT2D eigenvalue weighted by molar-refractivity contribution is 0.425. The van der Waals surface area contributed by atoms with E-state index >= 15 is 0 Å². The fourth-order valence-corrected chi connectivity index (χ4v) is 2.28. The third-order valence-corrected chi connectivity index (χ3v) is 3.42. The highest BCUT2D eigenvalue weighted by Gasteiger charge is 2.13. The second kappa shape index (κ2) is 5.51. The van der Waals surface area contributed by atoms with Gasteiger partial charge in [-0.2, -0.15) is 0 Å². The largest absolute Gasteiger partial charge is 0.488 e. The molecule has 1 aromatic carbocycles. The number of nitrogens with zero attached hydrogens (tertiary/aromatic N) is 3. The van der Waals surface area contributed by atoms with Crippen LogP contribution in [0.1, 0.15) is 5.56 Å². The van der Waals surface area contributed by atoms with E-state index in [1.54, 1.807) is 17.0 Å². The summed E-state index contributed by atoms with van der Waals surface area (Å²) in [6.45, 7) is 0. The molecule has 94 valence electrons. The van der Waals surface area contributed by atoms with Gasteiger partial charge >= 0.3 is 7.12 Å². The van der Waals surface area contributed by atoms with E-state index in [1.807, 2.05) is 7.05 Å². The number of hydrogen-bond acceptors (Lipinski definition) is 5. The fourth-order valence-electron chi connectivity index (χ4n) is 1.46. The Labute approximate surface area is 108 Å². The van der Waals surface area contributed by atoms with E-state index in [1.165, 1.54) is 17.8 Å². The average molecular weight is 267 g/mol. The molecule has 2 N–H and O–H groups in total. The maximum absolute atomic E-state index is 13.3. The van der Waals surface area contributed by atoms with Crippen LogP contribution < -0.4 is 5.46 Å². The summed E-state index contributed by atoms with van der Waals surface area (Å²) in [6, 6.07) is 4.01. The van der Waals surface area contributed by atoms with Gasteiger partial charge in [0.1, 0.15) is 12.1 Å². The number of rotatable bonds is 4. The molecule has 0 spiro atoms. The Morgan fingerprint density at radius 3 is 2.78 bits per heavy atom. The lowest BCUT2D eigenvalue weighted by atomic mass is 9.79. The van der Waals surface area contributed by atoms with Crippen molar-refractivity contribution in [3.63, 3.8) is 0 Å². The second-order valence-electron chi connectivity index (χ2n) is 3.78. The molecule has 8 heteroatoms. The minimum atomic E-state index is -1.67. The zero-order valence-electron chi connectivity index (χ0n) is 9.62. The first kappa shape index (κ1) is 13.1. The topological polar surface area (TPSA) is 71.2 Å². The molecule has 0 aliphatic rings. The summed E-state index contributed by atoms with van der Waals surface area (Å²) in [5.74, 6) is -0.0153. The number of aromatic nitrogens is 3. The minimum absolute atomic E-state index is 0.142. The highest BCUT2D eigenvalue weighted by Crippen LogP contribution is 2.19. The monoisotopic (exact) mass is 267 g/mol. The molecule has 0 atom stereocenters. The van der Waals surface area contributed by atoms with Gasteiger partial charge in [0, 0.05) is 12.8 Å². The van der Waals surface area contributed by atoms with Crippen LogP contribution >= 0.6 is 11.8 Å². The Morgan fingerprint density at radius 2 is 2.17 bits per heavy atom. The molecule has 0 saturated carbocycles. The van der Waals surface area contributed by atoms with Gasteiger partial charge in [0.25, 0.3) is 0 Å². The van der Waals surface area contributed by atoms with E-state index in [0.717, 1.165) is 6.07 Å². The van der Waals surface area contributed by atoms with Crippen LogP contribution in [0.15, 0.2) is 29.7 Å². The number of hydrogen-bond donors (Lipinski definition) is 2. The molecule has 0 aliphatic heterocycles. The molecule has 2 aromatic rings. The highest BCUT2D eigenvalue weighted by molar-refractivity contribution is 7.98. The van der Waals surface area contributed by atoms with Crippen LogP contribution in [-0.2, 0) is 12.8 Å². The zero-order chi connectivity index (χ0) is 13.1. The molecule has 1 heterocycles. The third kappa shape index (κ3) is 3.09. The average Bonchev–Trinajstić information content (AvgIpc) is 2.71. The van der Waals surface area contributed by atoms with E-state index in [0.29, 0.717) is 16.5 Å². The van der Waals surface area contributed by atoms with Crippen molar-refractivity contribution < 1.29 is 14.4 Å². The SMILES string of the molecule is Cn1cnnc1SCc1cc(F)cc(B(O)O)c1. The van der Waals surface area contributed by atoms with Crippen molar-refractivity contribution in [3.05, 3.63) is 35.9 Å². The number of halogens is 1. The van der Waals surface area contributed by atoms with Crippen molar-refractivity contribution in [3.8, 4) is 0 Å². The number of aryl methyl sites for hydroxylation is 1. The molecule has 0 saturated heterocycles. The molecule has 0 radical (unpaired) electrons. The molecule has 0 unspecified atom stereocenters.